The molecule has 1 aliphatic heterocycles. The molecule has 3 aromatic rings. The summed E-state index contributed by atoms with van der Waals surface area (Å²) in [5.41, 5.74) is 4.03. The van der Waals surface area contributed by atoms with Crippen molar-refractivity contribution in [1.82, 2.24) is 20.1 Å². The van der Waals surface area contributed by atoms with Crippen LogP contribution >= 0.6 is 0 Å². The number of carbonyl (C=O) groups is 1. The number of pyridine rings is 1. The van der Waals surface area contributed by atoms with Crippen LogP contribution in [0.15, 0.2) is 42.6 Å². The molecule has 144 valence electrons. The molecule has 1 amide bonds. The van der Waals surface area contributed by atoms with Crippen molar-refractivity contribution in [3.8, 4) is 17.3 Å². The first-order valence-electron chi connectivity index (χ1n) is 9.23. The largest absolute Gasteiger partial charge is 0.454 e. The molecule has 0 spiro atoms. The lowest BCUT2D eigenvalue weighted by Gasteiger charge is -2.07. The summed E-state index contributed by atoms with van der Waals surface area (Å²) < 4.78 is 12.5. The monoisotopic (exact) mass is 378 g/mol. The van der Waals surface area contributed by atoms with Crippen LogP contribution in [-0.4, -0.2) is 34.0 Å². The van der Waals surface area contributed by atoms with Crippen molar-refractivity contribution >= 4 is 5.91 Å². The molecular formula is C21H22N4O3. The molecule has 1 aromatic carbocycles. The highest BCUT2D eigenvalue weighted by atomic mass is 16.7. The number of hydrogen-bond donors (Lipinski definition) is 1. The topological polar surface area (TPSA) is 78.3 Å². The Morgan fingerprint density at radius 3 is 2.86 bits per heavy atom. The van der Waals surface area contributed by atoms with Crippen molar-refractivity contribution in [3.63, 3.8) is 0 Å². The molecule has 4 rings (SSSR count). The van der Waals surface area contributed by atoms with Gasteiger partial charge in [-0.15, -0.1) is 0 Å². The molecule has 0 unspecified atom stereocenters. The van der Waals surface area contributed by atoms with Gasteiger partial charge in [0.25, 0.3) is 0 Å². The number of aromatic nitrogens is 3. The fourth-order valence-corrected chi connectivity index (χ4v) is 3.36. The van der Waals surface area contributed by atoms with Crippen molar-refractivity contribution in [2.75, 3.05) is 13.3 Å². The van der Waals surface area contributed by atoms with Gasteiger partial charge in [-0.3, -0.25) is 4.79 Å². The molecule has 2 aromatic heterocycles. The fourth-order valence-electron chi connectivity index (χ4n) is 3.36. The van der Waals surface area contributed by atoms with E-state index in [0.29, 0.717) is 18.7 Å². The van der Waals surface area contributed by atoms with Gasteiger partial charge in [-0.1, -0.05) is 12.1 Å². The van der Waals surface area contributed by atoms with E-state index in [-0.39, 0.29) is 12.7 Å². The van der Waals surface area contributed by atoms with Gasteiger partial charge in [-0.25, -0.2) is 9.67 Å². The predicted molar refractivity (Wildman–Crippen MR) is 104 cm³/mol. The molecule has 1 aliphatic rings. The highest BCUT2D eigenvalue weighted by Crippen LogP contribution is 2.32. The van der Waals surface area contributed by atoms with Gasteiger partial charge in [0.2, 0.25) is 12.7 Å². The van der Waals surface area contributed by atoms with Gasteiger partial charge in [0.05, 0.1) is 12.1 Å². The Morgan fingerprint density at radius 2 is 2.04 bits per heavy atom. The lowest BCUT2D eigenvalue weighted by Crippen LogP contribution is -2.27. The molecule has 0 saturated heterocycles. The minimum absolute atomic E-state index is 0.0220. The number of amides is 1. The lowest BCUT2D eigenvalue weighted by molar-refractivity contribution is -0.120. The summed E-state index contributed by atoms with van der Waals surface area (Å²) in [4.78, 5) is 16.6. The van der Waals surface area contributed by atoms with Crippen LogP contribution in [0.2, 0.25) is 0 Å². The van der Waals surface area contributed by atoms with Crippen molar-refractivity contribution in [3.05, 3.63) is 65.1 Å². The Morgan fingerprint density at radius 1 is 1.18 bits per heavy atom. The summed E-state index contributed by atoms with van der Waals surface area (Å²) in [6.07, 6.45) is 2.78. The van der Waals surface area contributed by atoms with Gasteiger partial charge in [-0.05, 0) is 55.7 Å². The maximum Gasteiger partial charge on any atom is 0.231 e. The van der Waals surface area contributed by atoms with E-state index in [2.05, 4.69) is 15.4 Å². The van der Waals surface area contributed by atoms with Crippen molar-refractivity contribution in [2.24, 2.45) is 0 Å². The molecule has 7 nitrogen and oxygen atoms in total. The maximum absolute atomic E-state index is 12.3. The number of hydrogen-bond acceptors (Lipinski definition) is 5. The second-order valence-electron chi connectivity index (χ2n) is 6.71. The van der Waals surface area contributed by atoms with Crippen LogP contribution in [0, 0.1) is 13.8 Å². The van der Waals surface area contributed by atoms with Gasteiger partial charge < -0.3 is 14.8 Å². The molecule has 0 fully saturated rings. The minimum Gasteiger partial charge on any atom is -0.454 e. The van der Waals surface area contributed by atoms with Crippen molar-refractivity contribution in [2.45, 2.75) is 26.7 Å². The molecule has 1 N–H and O–H groups in total. The summed E-state index contributed by atoms with van der Waals surface area (Å²) in [6, 6.07) is 11.3. The van der Waals surface area contributed by atoms with E-state index >= 15 is 0 Å². The van der Waals surface area contributed by atoms with Crippen LogP contribution < -0.4 is 14.8 Å². The Kier molecular flexibility index (Phi) is 4.97. The quantitative estimate of drug-likeness (QED) is 0.713. The molecule has 0 bridgehead atoms. The zero-order valence-electron chi connectivity index (χ0n) is 15.9. The summed E-state index contributed by atoms with van der Waals surface area (Å²) in [6.45, 7) is 4.80. The summed E-state index contributed by atoms with van der Waals surface area (Å²) in [5.74, 6) is 2.19. The van der Waals surface area contributed by atoms with Crippen LogP contribution in [0.4, 0.5) is 0 Å². The Labute approximate surface area is 163 Å². The first-order chi connectivity index (χ1) is 13.6. The molecule has 28 heavy (non-hydrogen) atoms. The minimum atomic E-state index is -0.0220. The van der Waals surface area contributed by atoms with Crippen LogP contribution in [0.25, 0.3) is 5.82 Å². The van der Waals surface area contributed by atoms with Crippen LogP contribution in [0.3, 0.4) is 0 Å². The van der Waals surface area contributed by atoms with Gasteiger partial charge in [0.1, 0.15) is 0 Å². The zero-order chi connectivity index (χ0) is 19.5. The number of rotatable bonds is 6. The van der Waals surface area contributed by atoms with E-state index in [1.807, 2.05) is 54.9 Å². The average Bonchev–Trinajstić information content (AvgIpc) is 3.27. The Bertz CT molecular complexity index is 998. The second kappa shape index (κ2) is 7.72. The van der Waals surface area contributed by atoms with Gasteiger partial charge in [0.15, 0.2) is 17.3 Å². The van der Waals surface area contributed by atoms with E-state index in [0.717, 1.165) is 40.5 Å². The number of nitrogens with one attached hydrogen (secondary N) is 1. The third-order valence-corrected chi connectivity index (χ3v) is 4.81. The summed E-state index contributed by atoms with van der Waals surface area (Å²) in [7, 11) is 0. The van der Waals surface area contributed by atoms with Crippen molar-refractivity contribution in [1.29, 1.82) is 0 Å². The van der Waals surface area contributed by atoms with E-state index in [1.54, 1.807) is 6.20 Å². The highest BCUT2D eigenvalue weighted by molar-refractivity contribution is 5.78. The molecule has 7 heteroatoms. The lowest BCUT2D eigenvalue weighted by atomic mass is 10.1. The molecule has 0 saturated carbocycles. The molecular weight excluding hydrogens is 356 g/mol. The standard InChI is InChI=1S/C21H22N4O3/c1-14-17(15(2)25(24-14)20-5-3-4-9-22-20)8-10-23-21(26)12-16-6-7-18-19(11-16)28-13-27-18/h3-7,9,11H,8,10,12-13H2,1-2H3,(H,23,26). The summed E-state index contributed by atoms with van der Waals surface area (Å²) in [5, 5.41) is 7.58. The van der Waals surface area contributed by atoms with Gasteiger partial charge in [-0.2, -0.15) is 5.10 Å². The van der Waals surface area contributed by atoms with Gasteiger partial charge >= 0.3 is 0 Å². The third kappa shape index (κ3) is 3.69. The van der Waals surface area contributed by atoms with E-state index < -0.39 is 0 Å². The van der Waals surface area contributed by atoms with Gasteiger partial charge in [0, 0.05) is 18.4 Å². The number of aryl methyl sites for hydroxylation is 1. The molecule has 0 atom stereocenters. The van der Waals surface area contributed by atoms with E-state index in [9.17, 15) is 4.79 Å². The number of benzene rings is 1. The summed E-state index contributed by atoms with van der Waals surface area (Å²) >= 11 is 0. The maximum atomic E-state index is 12.3. The average molecular weight is 378 g/mol. The first-order valence-corrected chi connectivity index (χ1v) is 9.23. The van der Waals surface area contributed by atoms with E-state index in [1.165, 1.54) is 0 Å². The van der Waals surface area contributed by atoms with Crippen molar-refractivity contribution < 1.29 is 14.3 Å². The fraction of sp³-hybridized carbons (Fsp3) is 0.286. The smallest absolute Gasteiger partial charge is 0.231 e. The second-order valence-corrected chi connectivity index (χ2v) is 6.71. The Hall–Kier alpha value is -3.35. The normalized spacial score (nSPS) is 12.2. The number of fused-ring (bicyclic) bond motifs is 1. The van der Waals surface area contributed by atoms with Crippen LogP contribution in [-0.2, 0) is 17.6 Å². The molecule has 0 aliphatic carbocycles. The number of carbonyl (C=O) groups excluding carboxylic acids is 1. The SMILES string of the molecule is Cc1nn(-c2ccccn2)c(C)c1CCNC(=O)Cc1ccc2c(c1)OCO2. The van der Waals surface area contributed by atoms with Crippen LogP contribution in [0.5, 0.6) is 11.5 Å². The molecule has 3 heterocycles. The zero-order valence-corrected chi connectivity index (χ0v) is 15.9. The number of nitrogens with zero attached hydrogens (tertiary/aromatic N) is 3. The van der Waals surface area contributed by atoms with Crippen LogP contribution in [0.1, 0.15) is 22.5 Å². The Balaban J connectivity index is 1.35. The first kappa shape index (κ1) is 18.0. The predicted octanol–water partition coefficient (Wildman–Crippen LogP) is 2.51. The van der Waals surface area contributed by atoms with E-state index in [4.69, 9.17) is 9.47 Å². The highest BCUT2D eigenvalue weighted by Gasteiger charge is 2.16. The molecule has 0 radical (unpaired) electrons. The third-order valence-electron chi connectivity index (χ3n) is 4.81. The number of ether oxygens (including phenoxy) is 2.